The van der Waals surface area contributed by atoms with Crippen LogP contribution in [0.4, 0.5) is 10.2 Å². The molecule has 22 heavy (non-hydrogen) atoms. The number of nitrogens with one attached hydrogen (secondary N) is 1. The summed E-state index contributed by atoms with van der Waals surface area (Å²) in [5, 5.41) is 20.0. The van der Waals surface area contributed by atoms with Gasteiger partial charge in [-0.3, -0.25) is 0 Å². The number of benzene rings is 2. The van der Waals surface area contributed by atoms with Crippen molar-refractivity contribution < 1.29 is 9.50 Å². The summed E-state index contributed by atoms with van der Waals surface area (Å²) >= 11 is 0. The molecule has 1 aliphatic rings. The third-order valence-corrected chi connectivity index (χ3v) is 3.94. The number of halogens is 1. The van der Waals surface area contributed by atoms with Gasteiger partial charge in [0.2, 0.25) is 0 Å². The third kappa shape index (κ3) is 2.00. The molecule has 0 radical (unpaired) electrons. The fourth-order valence-corrected chi connectivity index (χ4v) is 2.81. The highest BCUT2D eigenvalue weighted by Gasteiger charge is 2.21. The first-order chi connectivity index (χ1) is 10.7. The number of hydrogen-bond acceptors (Lipinski definition) is 4. The molecular weight excluding hydrogens is 283 g/mol. The zero-order valence-corrected chi connectivity index (χ0v) is 11.6. The number of hydrogen-bond donors (Lipinski definition) is 2. The van der Waals surface area contributed by atoms with E-state index in [-0.39, 0.29) is 5.75 Å². The Hall–Kier alpha value is -2.89. The van der Waals surface area contributed by atoms with E-state index in [9.17, 15) is 9.50 Å². The summed E-state index contributed by atoms with van der Waals surface area (Å²) in [4.78, 5) is 2.09. The molecule has 0 aliphatic carbocycles. The summed E-state index contributed by atoms with van der Waals surface area (Å²) in [7, 11) is 0. The summed E-state index contributed by atoms with van der Waals surface area (Å²) in [5.41, 5.74) is 3.48. The molecule has 4 rings (SSSR count). The minimum absolute atomic E-state index is 0.331. The van der Waals surface area contributed by atoms with E-state index in [1.807, 2.05) is 18.2 Å². The lowest BCUT2D eigenvalue weighted by Crippen LogP contribution is -2.14. The standard InChI is InChI=1S/C16H13FN4O/c17-16-13(2-1-3-14(16)22)10-4-5-11-8-21(9-12(11)6-10)15-7-18-20-19-15/h1-7,22H,8-9H2,(H,18,19,20). The lowest BCUT2D eigenvalue weighted by Gasteiger charge is -2.12. The highest BCUT2D eigenvalue weighted by atomic mass is 19.1. The number of phenolic OH excluding ortho intramolecular Hbond substituents is 1. The Morgan fingerprint density at radius 2 is 2.00 bits per heavy atom. The molecule has 2 aromatic carbocycles. The molecular formula is C16H13FN4O. The van der Waals surface area contributed by atoms with Crippen molar-refractivity contribution in [3.8, 4) is 16.9 Å². The quantitative estimate of drug-likeness (QED) is 0.763. The van der Waals surface area contributed by atoms with Crippen LogP contribution in [0.1, 0.15) is 11.1 Å². The van der Waals surface area contributed by atoms with Crippen LogP contribution in [0.3, 0.4) is 0 Å². The minimum Gasteiger partial charge on any atom is -0.505 e. The van der Waals surface area contributed by atoms with Crippen LogP contribution in [0, 0.1) is 5.82 Å². The van der Waals surface area contributed by atoms with Gasteiger partial charge in [-0.15, -0.1) is 5.10 Å². The number of aromatic hydroxyl groups is 1. The molecule has 0 amide bonds. The molecule has 0 unspecified atom stereocenters. The smallest absolute Gasteiger partial charge is 0.172 e. The van der Waals surface area contributed by atoms with E-state index in [1.54, 1.807) is 18.3 Å². The fraction of sp³-hybridized carbons (Fsp3) is 0.125. The number of H-pyrrole nitrogens is 1. The first kappa shape index (κ1) is 12.8. The van der Waals surface area contributed by atoms with Gasteiger partial charge in [-0.05, 0) is 28.8 Å². The Bertz CT molecular complexity index is 832. The van der Waals surface area contributed by atoms with E-state index in [0.29, 0.717) is 12.1 Å². The van der Waals surface area contributed by atoms with E-state index in [2.05, 4.69) is 20.3 Å². The van der Waals surface area contributed by atoms with Crippen molar-refractivity contribution in [3.05, 3.63) is 59.5 Å². The third-order valence-electron chi connectivity index (χ3n) is 3.94. The normalized spacial score (nSPS) is 13.4. The van der Waals surface area contributed by atoms with E-state index in [4.69, 9.17) is 0 Å². The second-order valence-electron chi connectivity index (χ2n) is 5.31. The van der Waals surface area contributed by atoms with Crippen molar-refractivity contribution in [2.24, 2.45) is 0 Å². The Balaban J connectivity index is 1.70. The first-order valence-electron chi connectivity index (χ1n) is 6.93. The van der Waals surface area contributed by atoms with Crippen molar-refractivity contribution in [2.75, 3.05) is 4.90 Å². The minimum atomic E-state index is -0.589. The SMILES string of the molecule is Oc1cccc(-c2ccc3c(c2)CN(c2cn[nH]n2)C3)c1F. The number of rotatable bonds is 2. The predicted octanol–water partition coefficient (Wildman–Crippen LogP) is 2.84. The maximum Gasteiger partial charge on any atom is 0.172 e. The van der Waals surface area contributed by atoms with Crippen LogP contribution in [0.15, 0.2) is 42.6 Å². The van der Waals surface area contributed by atoms with E-state index < -0.39 is 5.82 Å². The number of anilines is 1. The molecule has 110 valence electrons. The van der Waals surface area contributed by atoms with Gasteiger partial charge in [0.15, 0.2) is 17.4 Å². The number of aromatic amines is 1. The van der Waals surface area contributed by atoms with Gasteiger partial charge in [0.25, 0.3) is 0 Å². The summed E-state index contributed by atoms with van der Waals surface area (Å²) in [6.07, 6.45) is 1.68. The predicted molar refractivity (Wildman–Crippen MR) is 79.8 cm³/mol. The van der Waals surface area contributed by atoms with Gasteiger partial charge in [0, 0.05) is 18.7 Å². The summed E-state index contributed by atoms with van der Waals surface area (Å²) in [6.45, 7) is 1.46. The molecule has 0 fully saturated rings. The largest absolute Gasteiger partial charge is 0.505 e. The lowest BCUT2D eigenvalue weighted by molar-refractivity contribution is 0.433. The highest BCUT2D eigenvalue weighted by Crippen LogP contribution is 2.33. The van der Waals surface area contributed by atoms with Crippen LogP contribution in [0.5, 0.6) is 5.75 Å². The Kier molecular flexibility index (Phi) is 2.82. The average Bonchev–Trinajstić information content (AvgIpc) is 3.17. The first-order valence-corrected chi connectivity index (χ1v) is 6.93. The highest BCUT2D eigenvalue weighted by molar-refractivity contribution is 5.68. The van der Waals surface area contributed by atoms with Gasteiger partial charge in [-0.25, -0.2) is 4.39 Å². The number of fused-ring (bicyclic) bond motifs is 1. The molecule has 2 heterocycles. The van der Waals surface area contributed by atoms with Crippen LogP contribution < -0.4 is 4.90 Å². The molecule has 1 aromatic heterocycles. The zero-order valence-electron chi connectivity index (χ0n) is 11.6. The van der Waals surface area contributed by atoms with E-state index in [0.717, 1.165) is 23.5 Å². The van der Waals surface area contributed by atoms with Gasteiger partial charge in [-0.1, -0.05) is 24.3 Å². The molecule has 5 nitrogen and oxygen atoms in total. The van der Waals surface area contributed by atoms with Gasteiger partial charge >= 0.3 is 0 Å². The van der Waals surface area contributed by atoms with Crippen LogP contribution in [-0.4, -0.2) is 20.5 Å². The number of nitrogens with zero attached hydrogens (tertiary/aromatic N) is 3. The summed E-state index contributed by atoms with van der Waals surface area (Å²) < 4.78 is 14.1. The van der Waals surface area contributed by atoms with Crippen LogP contribution in [0.25, 0.3) is 11.1 Å². The Morgan fingerprint density at radius 3 is 2.82 bits per heavy atom. The second-order valence-corrected chi connectivity index (χ2v) is 5.31. The molecule has 3 aromatic rings. The Morgan fingerprint density at radius 1 is 1.14 bits per heavy atom. The fourth-order valence-electron chi connectivity index (χ4n) is 2.81. The summed E-state index contributed by atoms with van der Waals surface area (Å²) in [6, 6.07) is 10.5. The van der Waals surface area contributed by atoms with Crippen LogP contribution in [-0.2, 0) is 13.1 Å². The summed E-state index contributed by atoms with van der Waals surface area (Å²) in [5.74, 6) is -0.127. The molecule has 0 atom stereocenters. The molecule has 6 heteroatoms. The average molecular weight is 296 g/mol. The maximum atomic E-state index is 14.1. The van der Waals surface area contributed by atoms with Crippen molar-refractivity contribution in [1.29, 1.82) is 0 Å². The maximum absolute atomic E-state index is 14.1. The molecule has 0 spiro atoms. The topological polar surface area (TPSA) is 65.0 Å². The Labute approximate surface area is 126 Å². The van der Waals surface area contributed by atoms with Gasteiger partial charge in [0.05, 0.1) is 6.20 Å². The van der Waals surface area contributed by atoms with Crippen molar-refractivity contribution in [3.63, 3.8) is 0 Å². The zero-order chi connectivity index (χ0) is 15.1. The lowest BCUT2D eigenvalue weighted by atomic mass is 10.00. The molecule has 0 bridgehead atoms. The van der Waals surface area contributed by atoms with Crippen molar-refractivity contribution in [2.45, 2.75) is 13.1 Å². The number of phenols is 1. The van der Waals surface area contributed by atoms with Crippen LogP contribution in [0.2, 0.25) is 0 Å². The van der Waals surface area contributed by atoms with Gasteiger partial charge < -0.3 is 10.0 Å². The monoisotopic (exact) mass is 296 g/mol. The number of aromatic nitrogens is 3. The van der Waals surface area contributed by atoms with E-state index in [1.165, 1.54) is 11.6 Å². The molecule has 0 saturated heterocycles. The second kappa shape index (κ2) is 4.84. The van der Waals surface area contributed by atoms with Gasteiger partial charge in [0.1, 0.15) is 0 Å². The molecule has 2 N–H and O–H groups in total. The van der Waals surface area contributed by atoms with Crippen molar-refractivity contribution >= 4 is 5.82 Å². The van der Waals surface area contributed by atoms with E-state index >= 15 is 0 Å². The van der Waals surface area contributed by atoms with Gasteiger partial charge in [-0.2, -0.15) is 10.3 Å². The molecule has 1 aliphatic heterocycles. The molecule has 0 saturated carbocycles. The van der Waals surface area contributed by atoms with Crippen LogP contribution >= 0.6 is 0 Å². The van der Waals surface area contributed by atoms with Crippen molar-refractivity contribution in [1.82, 2.24) is 15.4 Å².